The number of carbonyl (C=O) groups is 2. The van der Waals surface area contributed by atoms with E-state index in [1.54, 1.807) is 6.08 Å². The van der Waals surface area contributed by atoms with Crippen LogP contribution in [0, 0.1) is 22.7 Å². The summed E-state index contributed by atoms with van der Waals surface area (Å²) in [4.78, 5) is 24.2. The Balaban J connectivity index is 1.63. The molecule has 2 saturated carbocycles. The average molecular weight is 417 g/mol. The van der Waals surface area contributed by atoms with Crippen molar-refractivity contribution < 1.29 is 23.8 Å². The summed E-state index contributed by atoms with van der Waals surface area (Å²) < 4.78 is 17.6. The zero-order chi connectivity index (χ0) is 21.9. The molecule has 0 unspecified atom stereocenters. The molecule has 0 radical (unpaired) electrons. The standard InChI is InChI=1S/C25H36O5/c1-7-15(2)22(27)29-20-12-16(3)23(4,11-10-17-13-21(26)28-14-17)18-8-9-19-25(6,30-19)24(18,20)5/h7,13,16,18-20H,8-12,14H2,1-6H3/b15-7-/t16-,18-,19+,20-,23-,24+,25+/m1/s1. The molecule has 30 heavy (non-hydrogen) atoms. The van der Waals surface area contributed by atoms with Crippen molar-refractivity contribution in [2.75, 3.05) is 6.61 Å². The predicted octanol–water partition coefficient (Wildman–Crippen LogP) is 4.75. The molecule has 3 fully saturated rings. The van der Waals surface area contributed by atoms with E-state index < -0.39 is 0 Å². The smallest absolute Gasteiger partial charge is 0.333 e. The first-order chi connectivity index (χ1) is 14.1. The van der Waals surface area contributed by atoms with Crippen LogP contribution in [0.4, 0.5) is 0 Å². The van der Waals surface area contributed by atoms with Crippen LogP contribution >= 0.6 is 0 Å². The van der Waals surface area contributed by atoms with Gasteiger partial charge in [-0.2, -0.15) is 0 Å². The Kier molecular flexibility index (Phi) is 5.20. The van der Waals surface area contributed by atoms with Crippen LogP contribution in [0.5, 0.6) is 0 Å². The van der Waals surface area contributed by atoms with Crippen molar-refractivity contribution in [3.63, 3.8) is 0 Å². The number of epoxide rings is 1. The SMILES string of the molecule is C/C=C(/C)C(=O)O[C@@H]1C[C@@H](C)[C@@](C)(CCC2=CC(=O)OC2)[C@H]2CC[C@@H]3O[C@]3(C)[C@@]21C. The third kappa shape index (κ3) is 3.07. The maximum Gasteiger partial charge on any atom is 0.333 e. The molecule has 0 amide bonds. The fourth-order valence-corrected chi connectivity index (χ4v) is 6.69. The Morgan fingerprint density at radius 3 is 2.67 bits per heavy atom. The number of esters is 2. The summed E-state index contributed by atoms with van der Waals surface area (Å²) in [5, 5.41) is 0. The fourth-order valence-electron chi connectivity index (χ4n) is 6.69. The van der Waals surface area contributed by atoms with Crippen LogP contribution in [0.1, 0.15) is 73.6 Å². The van der Waals surface area contributed by atoms with Crippen molar-refractivity contribution >= 4 is 11.9 Å². The van der Waals surface area contributed by atoms with Crippen molar-refractivity contribution in [3.8, 4) is 0 Å². The molecular formula is C25H36O5. The molecule has 0 N–H and O–H groups in total. The molecule has 2 aliphatic carbocycles. The largest absolute Gasteiger partial charge is 0.458 e. The molecule has 0 aromatic rings. The Hall–Kier alpha value is -1.62. The second kappa shape index (κ2) is 7.22. The highest BCUT2D eigenvalue weighted by molar-refractivity contribution is 5.87. The number of rotatable bonds is 5. The summed E-state index contributed by atoms with van der Waals surface area (Å²) in [5.74, 6) is 0.357. The van der Waals surface area contributed by atoms with Crippen LogP contribution < -0.4 is 0 Å². The summed E-state index contributed by atoms with van der Waals surface area (Å²) in [6.07, 6.45) is 8.46. The number of hydrogen-bond acceptors (Lipinski definition) is 5. The number of allylic oxidation sites excluding steroid dienone is 1. The van der Waals surface area contributed by atoms with E-state index in [4.69, 9.17) is 14.2 Å². The molecule has 5 nitrogen and oxygen atoms in total. The zero-order valence-corrected chi connectivity index (χ0v) is 19.2. The summed E-state index contributed by atoms with van der Waals surface area (Å²) in [6.45, 7) is 13.3. The number of cyclic esters (lactones) is 1. The minimum atomic E-state index is -0.238. The molecule has 0 aromatic heterocycles. The second-order valence-electron chi connectivity index (χ2n) is 10.5. The normalized spacial score (nSPS) is 45.2. The molecule has 7 atom stereocenters. The van der Waals surface area contributed by atoms with Crippen LogP contribution in [-0.4, -0.2) is 36.4 Å². The van der Waals surface area contributed by atoms with E-state index in [1.807, 2.05) is 19.9 Å². The van der Waals surface area contributed by atoms with Gasteiger partial charge >= 0.3 is 11.9 Å². The lowest BCUT2D eigenvalue weighted by Crippen LogP contribution is -2.63. The van der Waals surface area contributed by atoms with E-state index in [9.17, 15) is 9.59 Å². The van der Waals surface area contributed by atoms with Gasteiger partial charge in [0.2, 0.25) is 0 Å². The lowest BCUT2D eigenvalue weighted by atomic mass is 9.43. The van der Waals surface area contributed by atoms with E-state index in [0.717, 1.165) is 37.7 Å². The minimum Gasteiger partial charge on any atom is -0.458 e. The third-order valence-corrected chi connectivity index (χ3v) is 9.32. The van der Waals surface area contributed by atoms with Gasteiger partial charge in [-0.05, 0) is 75.7 Å². The number of carbonyl (C=O) groups excluding carboxylic acids is 2. The van der Waals surface area contributed by atoms with Gasteiger partial charge in [0, 0.05) is 17.1 Å². The molecule has 4 rings (SSSR count). The topological polar surface area (TPSA) is 65.1 Å². The highest BCUT2D eigenvalue weighted by Crippen LogP contribution is 2.70. The van der Waals surface area contributed by atoms with Gasteiger partial charge in [0.1, 0.15) is 18.3 Å². The van der Waals surface area contributed by atoms with Crippen molar-refractivity contribution in [1.29, 1.82) is 0 Å². The molecular weight excluding hydrogens is 380 g/mol. The molecule has 0 aromatic carbocycles. The Labute approximate surface area is 180 Å². The van der Waals surface area contributed by atoms with Gasteiger partial charge < -0.3 is 14.2 Å². The lowest BCUT2D eigenvalue weighted by Gasteiger charge is -2.61. The lowest BCUT2D eigenvalue weighted by molar-refractivity contribution is -0.196. The first-order valence-electron chi connectivity index (χ1n) is 11.4. The van der Waals surface area contributed by atoms with Gasteiger partial charge in [-0.3, -0.25) is 0 Å². The quantitative estimate of drug-likeness (QED) is 0.368. The van der Waals surface area contributed by atoms with E-state index in [1.165, 1.54) is 0 Å². The maximum absolute atomic E-state index is 12.7. The Morgan fingerprint density at radius 1 is 1.30 bits per heavy atom. The van der Waals surface area contributed by atoms with Crippen molar-refractivity contribution in [2.24, 2.45) is 22.7 Å². The number of fused-ring (bicyclic) bond motifs is 3. The summed E-state index contributed by atoms with van der Waals surface area (Å²) in [7, 11) is 0. The van der Waals surface area contributed by atoms with Crippen LogP contribution in [0.2, 0.25) is 0 Å². The number of ether oxygens (including phenoxy) is 3. The van der Waals surface area contributed by atoms with E-state index in [0.29, 0.717) is 24.0 Å². The van der Waals surface area contributed by atoms with Crippen LogP contribution in [0.15, 0.2) is 23.3 Å². The Bertz CT molecular complexity index is 812. The highest BCUT2D eigenvalue weighted by atomic mass is 16.6. The van der Waals surface area contributed by atoms with E-state index in [-0.39, 0.29) is 40.6 Å². The summed E-state index contributed by atoms with van der Waals surface area (Å²) >= 11 is 0. The van der Waals surface area contributed by atoms with Crippen LogP contribution in [0.25, 0.3) is 0 Å². The minimum absolute atomic E-state index is 0.0830. The number of hydrogen-bond donors (Lipinski definition) is 0. The van der Waals surface area contributed by atoms with Crippen molar-refractivity contribution in [2.45, 2.75) is 91.5 Å². The van der Waals surface area contributed by atoms with Crippen molar-refractivity contribution in [1.82, 2.24) is 0 Å². The molecule has 0 spiro atoms. The van der Waals surface area contributed by atoms with Gasteiger partial charge in [-0.1, -0.05) is 26.8 Å². The van der Waals surface area contributed by atoms with E-state index in [2.05, 4.69) is 27.7 Å². The van der Waals surface area contributed by atoms with Crippen LogP contribution in [-0.2, 0) is 23.8 Å². The van der Waals surface area contributed by atoms with Gasteiger partial charge in [-0.25, -0.2) is 9.59 Å². The highest BCUT2D eigenvalue weighted by Gasteiger charge is 2.75. The molecule has 4 aliphatic rings. The first-order valence-corrected chi connectivity index (χ1v) is 11.4. The van der Waals surface area contributed by atoms with E-state index >= 15 is 0 Å². The molecule has 5 heteroatoms. The predicted molar refractivity (Wildman–Crippen MR) is 114 cm³/mol. The maximum atomic E-state index is 12.7. The monoisotopic (exact) mass is 416 g/mol. The Morgan fingerprint density at radius 2 is 2.03 bits per heavy atom. The molecule has 2 heterocycles. The fraction of sp³-hybridized carbons (Fsp3) is 0.760. The van der Waals surface area contributed by atoms with Gasteiger partial charge in [-0.15, -0.1) is 0 Å². The van der Waals surface area contributed by atoms with Gasteiger partial charge in [0.15, 0.2) is 0 Å². The van der Waals surface area contributed by atoms with Crippen molar-refractivity contribution in [3.05, 3.63) is 23.3 Å². The van der Waals surface area contributed by atoms with Gasteiger partial charge in [0.25, 0.3) is 0 Å². The molecule has 1 saturated heterocycles. The third-order valence-electron chi connectivity index (χ3n) is 9.32. The molecule has 2 aliphatic heterocycles. The summed E-state index contributed by atoms with van der Waals surface area (Å²) in [6, 6.07) is 0. The van der Waals surface area contributed by atoms with Gasteiger partial charge in [0.05, 0.1) is 6.10 Å². The summed E-state index contributed by atoms with van der Waals surface area (Å²) in [5.41, 5.74) is 1.37. The molecule has 166 valence electrons. The second-order valence-corrected chi connectivity index (χ2v) is 10.5. The molecule has 0 bridgehead atoms. The van der Waals surface area contributed by atoms with Crippen LogP contribution in [0.3, 0.4) is 0 Å². The zero-order valence-electron chi connectivity index (χ0n) is 19.2. The average Bonchev–Trinajstić information content (AvgIpc) is 3.23. The first kappa shape index (κ1) is 21.6.